The van der Waals surface area contributed by atoms with Crippen LogP contribution >= 0.6 is 11.6 Å². The van der Waals surface area contributed by atoms with Crippen molar-refractivity contribution in [3.63, 3.8) is 0 Å². The first-order valence-corrected chi connectivity index (χ1v) is 9.85. The smallest absolute Gasteiger partial charge is 0.241 e. The molecule has 0 saturated heterocycles. The summed E-state index contributed by atoms with van der Waals surface area (Å²) in [6, 6.07) is 14.4. The van der Waals surface area contributed by atoms with Crippen molar-refractivity contribution < 1.29 is 9.59 Å². The molecule has 2 N–H and O–H groups in total. The summed E-state index contributed by atoms with van der Waals surface area (Å²) in [5.74, 6) is -0.0232. The van der Waals surface area contributed by atoms with Crippen molar-refractivity contribution in [3.8, 4) is 0 Å². The Hall–Kier alpha value is -2.37. The summed E-state index contributed by atoms with van der Waals surface area (Å²) in [6.07, 6.45) is 0.991. The van der Waals surface area contributed by atoms with E-state index in [1.807, 2.05) is 24.3 Å². The molecule has 5 nitrogen and oxygen atoms in total. The Morgan fingerprint density at radius 2 is 1.61 bits per heavy atom. The molecule has 0 saturated carbocycles. The standard InChI is InChI=1S/C22H28ClN3O2/c1-5-15(2)17-10-6-8-12-19(17)25-22(28)16(3)26(4)14-21(27)24-20-13-9-7-11-18(20)23/h6-13,15-16H,5,14H2,1-4H3,(H,24,27)(H,25,28)/t15-,16+/m0/s1. The lowest BCUT2D eigenvalue weighted by Crippen LogP contribution is -2.43. The minimum absolute atomic E-state index is 0.0762. The van der Waals surface area contributed by atoms with Crippen molar-refractivity contribution >= 4 is 34.8 Å². The van der Waals surface area contributed by atoms with Crippen LogP contribution in [-0.4, -0.2) is 36.3 Å². The number of nitrogens with one attached hydrogen (secondary N) is 2. The molecule has 150 valence electrons. The van der Waals surface area contributed by atoms with E-state index in [2.05, 4.69) is 24.5 Å². The third kappa shape index (κ3) is 5.81. The topological polar surface area (TPSA) is 61.4 Å². The number of anilines is 2. The first-order valence-electron chi connectivity index (χ1n) is 9.47. The zero-order chi connectivity index (χ0) is 20.7. The number of likely N-dealkylation sites (N-methyl/N-ethyl adjacent to an activating group) is 1. The van der Waals surface area contributed by atoms with E-state index in [0.717, 1.165) is 17.7 Å². The quantitative estimate of drug-likeness (QED) is 0.670. The summed E-state index contributed by atoms with van der Waals surface area (Å²) in [7, 11) is 1.75. The fourth-order valence-electron chi connectivity index (χ4n) is 2.81. The fourth-order valence-corrected chi connectivity index (χ4v) is 3.00. The number of nitrogens with zero attached hydrogens (tertiary/aromatic N) is 1. The highest BCUT2D eigenvalue weighted by Gasteiger charge is 2.21. The van der Waals surface area contributed by atoms with Gasteiger partial charge < -0.3 is 10.6 Å². The van der Waals surface area contributed by atoms with Crippen LogP contribution in [-0.2, 0) is 9.59 Å². The van der Waals surface area contributed by atoms with Crippen LogP contribution < -0.4 is 10.6 Å². The molecule has 0 unspecified atom stereocenters. The first-order chi connectivity index (χ1) is 13.3. The van der Waals surface area contributed by atoms with E-state index in [4.69, 9.17) is 11.6 Å². The Balaban J connectivity index is 1.97. The summed E-state index contributed by atoms with van der Waals surface area (Å²) in [4.78, 5) is 26.7. The van der Waals surface area contributed by atoms with Crippen LogP contribution in [0, 0.1) is 0 Å². The van der Waals surface area contributed by atoms with Gasteiger partial charge in [0.2, 0.25) is 11.8 Å². The van der Waals surface area contributed by atoms with Gasteiger partial charge in [0, 0.05) is 5.69 Å². The van der Waals surface area contributed by atoms with Crippen LogP contribution in [0.15, 0.2) is 48.5 Å². The number of carbonyl (C=O) groups excluding carboxylic acids is 2. The van der Waals surface area contributed by atoms with E-state index in [9.17, 15) is 9.59 Å². The van der Waals surface area contributed by atoms with Gasteiger partial charge in [-0.25, -0.2) is 0 Å². The zero-order valence-corrected chi connectivity index (χ0v) is 17.6. The highest BCUT2D eigenvalue weighted by Crippen LogP contribution is 2.26. The maximum absolute atomic E-state index is 12.7. The summed E-state index contributed by atoms with van der Waals surface area (Å²) in [5, 5.41) is 6.25. The minimum Gasteiger partial charge on any atom is -0.324 e. The van der Waals surface area contributed by atoms with Crippen molar-refractivity contribution in [1.82, 2.24) is 4.90 Å². The molecule has 0 aliphatic carbocycles. The SMILES string of the molecule is CC[C@H](C)c1ccccc1NC(=O)[C@@H](C)N(C)CC(=O)Nc1ccccc1Cl. The Morgan fingerprint density at radius 1 is 1.00 bits per heavy atom. The number of halogens is 1. The molecule has 0 spiro atoms. The van der Waals surface area contributed by atoms with Gasteiger partial charge >= 0.3 is 0 Å². The number of hydrogen-bond acceptors (Lipinski definition) is 3. The van der Waals surface area contributed by atoms with Gasteiger partial charge in [-0.2, -0.15) is 0 Å². The average molecular weight is 402 g/mol. The van der Waals surface area contributed by atoms with Gasteiger partial charge in [-0.05, 0) is 50.1 Å². The van der Waals surface area contributed by atoms with Crippen LogP contribution in [0.1, 0.15) is 38.7 Å². The number of carbonyl (C=O) groups is 2. The van der Waals surface area contributed by atoms with Crippen LogP contribution in [0.2, 0.25) is 5.02 Å². The van der Waals surface area contributed by atoms with Crippen LogP contribution in [0.25, 0.3) is 0 Å². The van der Waals surface area contributed by atoms with E-state index in [1.54, 1.807) is 43.1 Å². The van der Waals surface area contributed by atoms with Crippen molar-refractivity contribution in [2.45, 2.75) is 39.2 Å². The number of hydrogen-bond donors (Lipinski definition) is 2. The minimum atomic E-state index is -0.470. The van der Waals surface area contributed by atoms with Gasteiger partial charge in [0.15, 0.2) is 0 Å². The molecule has 2 atom stereocenters. The first kappa shape index (κ1) is 21.9. The number of benzene rings is 2. The summed E-state index contributed by atoms with van der Waals surface area (Å²) >= 11 is 6.07. The lowest BCUT2D eigenvalue weighted by Gasteiger charge is -2.24. The number of amides is 2. The van der Waals surface area contributed by atoms with Crippen molar-refractivity contribution in [3.05, 3.63) is 59.1 Å². The Bertz CT molecular complexity index is 825. The van der Waals surface area contributed by atoms with Gasteiger partial charge in [0.25, 0.3) is 0 Å². The van der Waals surface area contributed by atoms with Gasteiger partial charge in [0.05, 0.1) is 23.3 Å². The lowest BCUT2D eigenvalue weighted by atomic mass is 9.97. The molecule has 0 aromatic heterocycles. The normalized spacial score (nSPS) is 13.1. The highest BCUT2D eigenvalue weighted by molar-refractivity contribution is 6.33. The molecular formula is C22H28ClN3O2. The van der Waals surface area contributed by atoms with Gasteiger partial charge in [-0.15, -0.1) is 0 Å². The molecule has 0 fully saturated rings. The largest absolute Gasteiger partial charge is 0.324 e. The second-order valence-corrected chi connectivity index (χ2v) is 7.41. The van der Waals surface area contributed by atoms with E-state index in [1.165, 1.54) is 0 Å². The van der Waals surface area contributed by atoms with E-state index in [0.29, 0.717) is 16.6 Å². The molecule has 0 heterocycles. The molecule has 6 heteroatoms. The summed E-state index contributed by atoms with van der Waals surface area (Å²) in [5.41, 5.74) is 2.49. The molecule has 2 aromatic carbocycles. The van der Waals surface area contributed by atoms with Crippen molar-refractivity contribution in [1.29, 1.82) is 0 Å². The fraction of sp³-hybridized carbons (Fsp3) is 0.364. The molecule has 0 bridgehead atoms. The predicted molar refractivity (Wildman–Crippen MR) is 116 cm³/mol. The Labute approximate surface area is 172 Å². The van der Waals surface area contributed by atoms with E-state index >= 15 is 0 Å². The lowest BCUT2D eigenvalue weighted by molar-refractivity contribution is -0.122. The second kappa shape index (κ2) is 10.2. The molecule has 0 aliphatic rings. The molecule has 0 radical (unpaired) electrons. The second-order valence-electron chi connectivity index (χ2n) is 7.00. The highest BCUT2D eigenvalue weighted by atomic mass is 35.5. The van der Waals surface area contributed by atoms with Crippen LogP contribution in [0.5, 0.6) is 0 Å². The third-order valence-electron chi connectivity index (χ3n) is 4.94. The molecular weight excluding hydrogens is 374 g/mol. The van der Waals surface area contributed by atoms with Gasteiger partial charge in [-0.1, -0.05) is 55.8 Å². The van der Waals surface area contributed by atoms with Gasteiger partial charge in [-0.3, -0.25) is 14.5 Å². The Morgan fingerprint density at radius 3 is 2.25 bits per heavy atom. The maximum Gasteiger partial charge on any atom is 0.241 e. The zero-order valence-electron chi connectivity index (χ0n) is 16.8. The monoisotopic (exact) mass is 401 g/mol. The number of rotatable bonds is 8. The number of para-hydroxylation sites is 2. The van der Waals surface area contributed by atoms with Crippen LogP contribution in [0.4, 0.5) is 11.4 Å². The molecule has 2 amide bonds. The summed E-state index contributed by atoms with van der Waals surface area (Å²) in [6.45, 7) is 6.12. The Kier molecular flexibility index (Phi) is 8.03. The average Bonchev–Trinajstić information content (AvgIpc) is 2.68. The van der Waals surface area contributed by atoms with E-state index in [-0.39, 0.29) is 18.4 Å². The summed E-state index contributed by atoms with van der Waals surface area (Å²) < 4.78 is 0. The molecule has 2 aromatic rings. The van der Waals surface area contributed by atoms with E-state index < -0.39 is 6.04 Å². The predicted octanol–water partition coefficient (Wildman–Crippen LogP) is 4.75. The van der Waals surface area contributed by atoms with Crippen molar-refractivity contribution in [2.24, 2.45) is 0 Å². The molecule has 28 heavy (non-hydrogen) atoms. The molecule has 2 rings (SSSR count). The van der Waals surface area contributed by atoms with Crippen LogP contribution in [0.3, 0.4) is 0 Å². The maximum atomic E-state index is 12.7. The molecule has 0 aliphatic heterocycles. The third-order valence-corrected chi connectivity index (χ3v) is 5.27. The van der Waals surface area contributed by atoms with Crippen molar-refractivity contribution in [2.75, 3.05) is 24.2 Å². The van der Waals surface area contributed by atoms with Gasteiger partial charge in [0.1, 0.15) is 0 Å².